The number of ether oxygens (including phenoxy) is 2. The molecular weight excluding hydrogens is 334 g/mol. The smallest absolute Gasteiger partial charge is 0.254 e. The molecule has 7 heteroatoms. The highest BCUT2D eigenvalue weighted by molar-refractivity contribution is 6.06. The second kappa shape index (κ2) is 6.30. The molecular formula is C19H17N3O4. The number of nitrogens with zero attached hydrogens (tertiary/aromatic N) is 3. The number of fused-ring (bicyclic) bond motifs is 5. The highest BCUT2D eigenvalue weighted by Gasteiger charge is 2.59. The van der Waals surface area contributed by atoms with Gasteiger partial charge in [0.25, 0.3) is 11.8 Å². The number of benzene rings is 1. The number of rotatable bonds is 5. The average Bonchev–Trinajstić information content (AvgIpc) is 3.33. The third-order valence-electron chi connectivity index (χ3n) is 5.25. The van der Waals surface area contributed by atoms with Crippen molar-refractivity contribution in [3.05, 3.63) is 35.9 Å². The fourth-order valence-electron chi connectivity index (χ4n) is 4.12. The van der Waals surface area contributed by atoms with Crippen molar-refractivity contribution in [3.8, 4) is 17.6 Å². The standard InChI is InChI=1S/C19H17N3O4/c1-25-15-8-11(2-5-14(15)26-7-6-20)10-21-22-18(23)16-12-3-4-13(9-12)17(16)19(22)24/h2-5,8,10,12-13,16-17H,7,9H2,1H3. The van der Waals surface area contributed by atoms with Crippen LogP contribution in [0.2, 0.25) is 0 Å². The predicted molar refractivity (Wildman–Crippen MR) is 91.3 cm³/mol. The largest absolute Gasteiger partial charge is 0.493 e. The molecule has 7 nitrogen and oxygen atoms in total. The molecule has 0 aromatic heterocycles. The monoisotopic (exact) mass is 351 g/mol. The van der Waals surface area contributed by atoms with Crippen molar-refractivity contribution in [2.24, 2.45) is 28.8 Å². The molecule has 4 rings (SSSR count). The summed E-state index contributed by atoms with van der Waals surface area (Å²) in [4.78, 5) is 25.2. The highest BCUT2D eigenvalue weighted by Crippen LogP contribution is 2.52. The SMILES string of the molecule is COc1cc(C=NN2C(=O)C3C4C=CC(C4)C3C2=O)ccc1OCC#N. The average molecular weight is 351 g/mol. The molecule has 2 fully saturated rings. The lowest BCUT2D eigenvalue weighted by Gasteiger charge is -2.13. The first-order valence-electron chi connectivity index (χ1n) is 8.42. The highest BCUT2D eigenvalue weighted by atomic mass is 16.5. The number of methoxy groups -OCH3 is 1. The van der Waals surface area contributed by atoms with E-state index in [1.807, 2.05) is 6.07 Å². The summed E-state index contributed by atoms with van der Waals surface area (Å²) in [6, 6.07) is 6.94. The summed E-state index contributed by atoms with van der Waals surface area (Å²) in [5.74, 6) is 0.274. The topological polar surface area (TPSA) is 92.0 Å². The fraction of sp³-hybridized carbons (Fsp3) is 0.368. The Labute approximate surface area is 150 Å². The number of carbonyl (C=O) groups excluding carboxylic acids is 2. The van der Waals surface area contributed by atoms with Crippen LogP contribution in [0.25, 0.3) is 0 Å². The Morgan fingerprint density at radius 2 is 1.92 bits per heavy atom. The first kappa shape index (κ1) is 16.3. The molecule has 0 N–H and O–H groups in total. The Bertz CT molecular complexity index is 840. The number of hydrogen-bond donors (Lipinski definition) is 0. The molecule has 1 saturated carbocycles. The zero-order chi connectivity index (χ0) is 18.3. The van der Waals surface area contributed by atoms with Gasteiger partial charge in [0.1, 0.15) is 6.07 Å². The number of hydrogen-bond acceptors (Lipinski definition) is 6. The van der Waals surface area contributed by atoms with Crippen molar-refractivity contribution < 1.29 is 19.1 Å². The first-order valence-corrected chi connectivity index (χ1v) is 8.42. The van der Waals surface area contributed by atoms with Crippen molar-refractivity contribution in [1.82, 2.24) is 5.01 Å². The molecule has 2 bridgehead atoms. The molecule has 2 aliphatic carbocycles. The molecule has 3 aliphatic rings. The lowest BCUT2D eigenvalue weighted by molar-refractivity contribution is -0.140. The van der Waals surface area contributed by atoms with E-state index in [0.29, 0.717) is 17.1 Å². The van der Waals surface area contributed by atoms with Crippen LogP contribution >= 0.6 is 0 Å². The number of allylic oxidation sites excluding steroid dienone is 2. The zero-order valence-electron chi connectivity index (χ0n) is 14.2. The minimum atomic E-state index is -0.258. The van der Waals surface area contributed by atoms with E-state index in [9.17, 15) is 9.59 Å². The van der Waals surface area contributed by atoms with Crippen LogP contribution in [0.3, 0.4) is 0 Å². The van der Waals surface area contributed by atoms with E-state index in [1.54, 1.807) is 18.2 Å². The summed E-state index contributed by atoms with van der Waals surface area (Å²) in [6.45, 7) is -0.0836. The van der Waals surface area contributed by atoms with Gasteiger partial charge in [0, 0.05) is 0 Å². The summed E-state index contributed by atoms with van der Waals surface area (Å²) in [7, 11) is 1.49. The molecule has 1 aromatic carbocycles. The zero-order valence-corrected chi connectivity index (χ0v) is 14.2. The third kappa shape index (κ3) is 2.46. The van der Waals surface area contributed by atoms with E-state index in [0.717, 1.165) is 11.4 Å². The van der Waals surface area contributed by atoms with Gasteiger partial charge in [-0.3, -0.25) is 9.59 Å². The minimum absolute atomic E-state index is 0.0836. The van der Waals surface area contributed by atoms with E-state index in [-0.39, 0.29) is 42.1 Å². The summed E-state index contributed by atoms with van der Waals surface area (Å²) in [5, 5.41) is 13.7. The third-order valence-corrected chi connectivity index (χ3v) is 5.25. The van der Waals surface area contributed by atoms with Crippen molar-refractivity contribution in [2.45, 2.75) is 6.42 Å². The van der Waals surface area contributed by atoms with Gasteiger partial charge in [0.05, 0.1) is 25.2 Å². The molecule has 2 amide bonds. The van der Waals surface area contributed by atoms with Crippen molar-refractivity contribution in [2.75, 3.05) is 13.7 Å². The Hall–Kier alpha value is -3.14. The molecule has 1 saturated heterocycles. The van der Waals surface area contributed by atoms with Gasteiger partial charge in [-0.15, -0.1) is 0 Å². The van der Waals surface area contributed by atoms with E-state index in [1.165, 1.54) is 13.3 Å². The first-order chi connectivity index (χ1) is 12.6. The number of imide groups is 1. The van der Waals surface area contributed by atoms with Crippen LogP contribution in [0.4, 0.5) is 0 Å². The number of amides is 2. The summed E-state index contributed by atoms with van der Waals surface area (Å²) in [5.41, 5.74) is 0.657. The van der Waals surface area contributed by atoms with Gasteiger partial charge in [-0.2, -0.15) is 15.4 Å². The molecule has 1 aromatic rings. The van der Waals surface area contributed by atoms with Gasteiger partial charge >= 0.3 is 0 Å². The molecule has 0 spiro atoms. The van der Waals surface area contributed by atoms with Crippen LogP contribution in [0.15, 0.2) is 35.5 Å². The lowest BCUT2D eigenvalue weighted by Crippen LogP contribution is -2.28. The molecule has 4 unspecified atom stereocenters. The maximum absolute atomic E-state index is 12.6. The Kier molecular flexibility index (Phi) is 3.96. The molecule has 1 aliphatic heterocycles. The van der Waals surface area contributed by atoms with E-state index >= 15 is 0 Å². The maximum Gasteiger partial charge on any atom is 0.254 e. The second-order valence-corrected chi connectivity index (χ2v) is 6.59. The molecule has 26 heavy (non-hydrogen) atoms. The molecule has 4 atom stereocenters. The number of carbonyl (C=O) groups is 2. The van der Waals surface area contributed by atoms with Crippen molar-refractivity contribution >= 4 is 18.0 Å². The van der Waals surface area contributed by atoms with Gasteiger partial charge in [0.15, 0.2) is 18.1 Å². The molecule has 0 radical (unpaired) electrons. The van der Waals surface area contributed by atoms with Crippen LogP contribution in [0.5, 0.6) is 11.5 Å². The number of hydrazone groups is 1. The van der Waals surface area contributed by atoms with Crippen LogP contribution in [-0.2, 0) is 9.59 Å². The van der Waals surface area contributed by atoms with Crippen LogP contribution in [0.1, 0.15) is 12.0 Å². The van der Waals surface area contributed by atoms with Gasteiger partial charge in [-0.1, -0.05) is 12.2 Å². The van der Waals surface area contributed by atoms with E-state index in [2.05, 4.69) is 17.3 Å². The fourth-order valence-corrected chi connectivity index (χ4v) is 4.12. The maximum atomic E-state index is 12.6. The van der Waals surface area contributed by atoms with Gasteiger partial charge in [-0.05, 0) is 42.0 Å². The Morgan fingerprint density at radius 1 is 1.23 bits per heavy atom. The molecule has 132 valence electrons. The quantitative estimate of drug-likeness (QED) is 0.458. The Morgan fingerprint density at radius 3 is 2.54 bits per heavy atom. The van der Waals surface area contributed by atoms with Crippen LogP contribution in [0, 0.1) is 35.0 Å². The Balaban J connectivity index is 1.53. The van der Waals surface area contributed by atoms with Gasteiger partial charge in [-0.25, -0.2) is 0 Å². The second-order valence-electron chi connectivity index (χ2n) is 6.59. The number of nitriles is 1. The van der Waals surface area contributed by atoms with Crippen LogP contribution in [-0.4, -0.2) is 36.8 Å². The van der Waals surface area contributed by atoms with E-state index < -0.39 is 0 Å². The van der Waals surface area contributed by atoms with Gasteiger partial charge < -0.3 is 9.47 Å². The van der Waals surface area contributed by atoms with Gasteiger partial charge in [0.2, 0.25) is 0 Å². The summed E-state index contributed by atoms with van der Waals surface area (Å²) >= 11 is 0. The van der Waals surface area contributed by atoms with E-state index in [4.69, 9.17) is 14.7 Å². The van der Waals surface area contributed by atoms with Crippen molar-refractivity contribution in [1.29, 1.82) is 5.26 Å². The minimum Gasteiger partial charge on any atom is -0.493 e. The van der Waals surface area contributed by atoms with Crippen molar-refractivity contribution in [3.63, 3.8) is 0 Å². The normalized spacial score (nSPS) is 28.7. The molecule has 1 heterocycles. The van der Waals surface area contributed by atoms with Crippen LogP contribution < -0.4 is 9.47 Å². The lowest BCUT2D eigenvalue weighted by atomic mass is 9.85. The summed E-state index contributed by atoms with van der Waals surface area (Å²) in [6.07, 6.45) is 6.46. The predicted octanol–water partition coefficient (Wildman–Crippen LogP) is 1.74. The summed E-state index contributed by atoms with van der Waals surface area (Å²) < 4.78 is 10.5.